The van der Waals surface area contributed by atoms with Crippen molar-refractivity contribution in [2.24, 2.45) is 0 Å². The van der Waals surface area contributed by atoms with E-state index in [-0.39, 0.29) is 11.7 Å². The molecule has 0 unspecified atom stereocenters. The molecule has 0 saturated carbocycles. The number of benzene rings is 1. The van der Waals surface area contributed by atoms with Gasteiger partial charge in [-0.3, -0.25) is 4.79 Å². The second-order valence-corrected chi connectivity index (χ2v) is 7.03. The largest absolute Gasteiger partial charge is 0.325 e. The molecule has 1 aromatic carbocycles. The van der Waals surface area contributed by atoms with Gasteiger partial charge in [0.1, 0.15) is 5.82 Å². The molecular formula is C14H18BrFN2OS. The van der Waals surface area contributed by atoms with E-state index in [9.17, 15) is 9.18 Å². The van der Waals surface area contributed by atoms with E-state index in [1.807, 2.05) is 0 Å². The Hall–Kier alpha value is -0.590. The first-order valence-electron chi connectivity index (χ1n) is 6.64. The van der Waals surface area contributed by atoms with E-state index in [4.69, 9.17) is 0 Å². The van der Waals surface area contributed by atoms with Crippen LogP contribution in [-0.4, -0.2) is 30.0 Å². The Morgan fingerprint density at radius 1 is 1.50 bits per heavy atom. The lowest BCUT2D eigenvalue weighted by molar-refractivity contribution is -0.113. The fourth-order valence-electron chi connectivity index (χ4n) is 2.12. The van der Waals surface area contributed by atoms with Crippen LogP contribution < -0.4 is 10.6 Å². The summed E-state index contributed by atoms with van der Waals surface area (Å²) in [6.07, 6.45) is 2.22. The summed E-state index contributed by atoms with van der Waals surface area (Å²) in [6, 6.07) is 3.03. The highest BCUT2D eigenvalue weighted by Crippen LogP contribution is 2.25. The van der Waals surface area contributed by atoms with Gasteiger partial charge in [-0.2, -0.15) is 0 Å². The van der Waals surface area contributed by atoms with Gasteiger partial charge in [0.15, 0.2) is 0 Å². The van der Waals surface area contributed by atoms with Gasteiger partial charge < -0.3 is 10.6 Å². The molecule has 0 atom stereocenters. The Morgan fingerprint density at radius 3 is 2.90 bits per heavy atom. The molecule has 2 N–H and O–H groups in total. The lowest BCUT2D eigenvalue weighted by Gasteiger charge is -2.21. The number of piperidine rings is 1. The molecule has 0 aliphatic carbocycles. The van der Waals surface area contributed by atoms with Crippen molar-refractivity contribution in [2.75, 3.05) is 24.2 Å². The normalized spacial score (nSPS) is 16.1. The molecule has 1 heterocycles. The van der Waals surface area contributed by atoms with E-state index < -0.39 is 0 Å². The molecule has 110 valence electrons. The zero-order valence-electron chi connectivity index (χ0n) is 11.3. The summed E-state index contributed by atoms with van der Waals surface area (Å²) >= 11 is 4.83. The zero-order valence-corrected chi connectivity index (χ0v) is 13.7. The van der Waals surface area contributed by atoms with Crippen molar-refractivity contribution in [1.82, 2.24) is 5.32 Å². The van der Waals surface area contributed by atoms with E-state index >= 15 is 0 Å². The minimum absolute atomic E-state index is 0.0323. The van der Waals surface area contributed by atoms with Crippen LogP contribution in [0.2, 0.25) is 0 Å². The number of hydrogen-bond donors (Lipinski definition) is 2. The Kier molecular flexibility index (Phi) is 5.86. The van der Waals surface area contributed by atoms with Crippen LogP contribution in [0.5, 0.6) is 0 Å². The number of thioether (sulfide) groups is 1. The van der Waals surface area contributed by atoms with Gasteiger partial charge in [-0.15, -0.1) is 11.8 Å². The van der Waals surface area contributed by atoms with Crippen molar-refractivity contribution in [3.05, 3.63) is 28.0 Å². The predicted molar refractivity (Wildman–Crippen MR) is 85.8 cm³/mol. The maximum absolute atomic E-state index is 13.3. The van der Waals surface area contributed by atoms with Crippen LogP contribution in [0.25, 0.3) is 0 Å². The van der Waals surface area contributed by atoms with Gasteiger partial charge in [-0.25, -0.2) is 4.39 Å². The van der Waals surface area contributed by atoms with Crippen molar-refractivity contribution in [2.45, 2.75) is 25.0 Å². The molecule has 0 radical (unpaired) electrons. The summed E-state index contributed by atoms with van der Waals surface area (Å²) < 4.78 is 13.7. The van der Waals surface area contributed by atoms with Gasteiger partial charge in [0.05, 0.1) is 10.2 Å². The summed E-state index contributed by atoms with van der Waals surface area (Å²) in [4.78, 5) is 11.9. The van der Waals surface area contributed by atoms with Crippen molar-refractivity contribution < 1.29 is 9.18 Å². The number of amides is 1. The number of rotatable bonds is 4. The smallest absolute Gasteiger partial charge is 0.234 e. The van der Waals surface area contributed by atoms with Crippen LogP contribution >= 0.6 is 27.7 Å². The minimum Gasteiger partial charge on any atom is -0.325 e. The molecule has 20 heavy (non-hydrogen) atoms. The van der Waals surface area contributed by atoms with Crippen LogP contribution in [0.3, 0.4) is 0 Å². The number of halogens is 2. The van der Waals surface area contributed by atoms with E-state index in [0.717, 1.165) is 31.5 Å². The Balaban J connectivity index is 1.86. The molecule has 1 saturated heterocycles. The average molecular weight is 361 g/mol. The van der Waals surface area contributed by atoms with Crippen LogP contribution in [0.1, 0.15) is 18.4 Å². The number of hydrogen-bond acceptors (Lipinski definition) is 3. The van der Waals surface area contributed by atoms with Crippen LogP contribution in [0.4, 0.5) is 10.1 Å². The first kappa shape index (κ1) is 15.8. The van der Waals surface area contributed by atoms with Gasteiger partial charge in [-0.1, -0.05) is 0 Å². The average Bonchev–Trinajstić information content (AvgIpc) is 2.44. The second kappa shape index (κ2) is 7.43. The second-order valence-electron chi connectivity index (χ2n) is 4.89. The van der Waals surface area contributed by atoms with E-state index in [2.05, 4.69) is 26.6 Å². The zero-order chi connectivity index (χ0) is 14.5. The third-order valence-electron chi connectivity index (χ3n) is 3.28. The maximum Gasteiger partial charge on any atom is 0.234 e. The molecule has 3 nitrogen and oxygen atoms in total. The Labute approximate surface area is 131 Å². The fraction of sp³-hybridized carbons (Fsp3) is 0.500. The molecule has 0 aromatic heterocycles. The van der Waals surface area contributed by atoms with Gasteiger partial charge in [0, 0.05) is 10.9 Å². The lowest BCUT2D eigenvalue weighted by Crippen LogP contribution is -2.30. The van der Waals surface area contributed by atoms with E-state index in [1.165, 1.54) is 6.07 Å². The van der Waals surface area contributed by atoms with Crippen molar-refractivity contribution in [3.63, 3.8) is 0 Å². The number of aryl methyl sites for hydroxylation is 1. The monoisotopic (exact) mass is 360 g/mol. The maximum atomic E-state index is 13.3. The standard InChI is InChI=1S/C14H18BrFN2OS/c1-9-6-12(16)11(15)7-13(9)18-14(19)8-20-10-2-4-17-5-3-10/h6-7,10,17H,2-5,8H2,1H3,(H,18,19). The molecule has 2 rings (SSSR count). The van der Waals surface area contributed by atoms with Gasteiger partial charge in [0.25, 0.3) is 0 Å². The molecule has 1 aliphatic heterocycles. The van der Waals surface area contributed by atoms with Crippen molar-refractivity contribution >= 4 is 39.3 Å². The topological polar surface area (TPSA) is 41.1 Å². The lowest BCUT2D eigenvalue weighted by atomic mass is 10.2. The van der Waals surface area contributed by atoms with Crippen LogP contribution in [-0.2, 0) is 4.79 Å². The summed E-state index contributed by atoms with van der Waals surface area (Å²) in [7, 11) is 0. The van der Waals surface area contributed by atoms with Gasteiger partial charge >= 0.3 is 0 Å². The molecule has 1 fully saturated rings. The molecule has 0 bridgehead atoms. The highest BCUT2D eigenvalue weighted by atomic mass is 79.9. The van der Waals surface area contributed by atoms with Crippen LogP contribution in [0.15, 0.2) is 16.6 Å². The molecule has 1 amide bonds. The fourth-order valence-corrected chi connectivity index (χ4v) is 3.49. The molecule has 0 spiro atoms. The highest BCUT2D eigenvalue weighted by Gasteiger charge is 2.15. The SMILES string of the molecule is Cc1cc(F)c(Br)cc1NC(=O)CSC1CCNCC1. The predicted octanol–water partition coefficient (Wildman–Crippen LogP) is 3.32. The van der Waals surface area contributed by atoms with Crippen molar-refractivity contribution in [1.29, 1.82) is 0 Å². The van der Waals surface area contributed by atoms with Crippen molar-refractivity contribution in [3.8, 4) is 0 Å². The number of carbonyl (C=O) groups is 1. The summed E-state index contributed by atoms with van der Waals surface area (Å²) in [5.74, 6) is 0.0961. The summed E-state index contributed by atoms with van der Waals surface area (Å²) in [6.45, 7) is 3.84. The molecular weight excluding hydrogens is 343 g/mol. The number of carbonyl (C=O) groups excluding carboxylic acids is 1. The Bertz CT molecular complexity index is 492. The van der Waals surface area contributed by atoms with Crippen LogP contribution in [0, 0.1) is 12.7 Å². The minimum atomic E-state index is -0.315. The quantitative estimate of drug-likeness (QED) is 0.865. The van der Waals surface area contributed by atoms with E-state index in [1.54, 1.807) is 24.8 Å². The highest BCUT2D eigenvalue weighted by molar-refractivity contribution is 9.10. The first-order chi connectivity index (χ1) is 9.56. The van der Waals surface area contributed by atoms with Gasteiger partial charge in [0.2, 0.25) is 5.91 Å². The number of nitrogens with one attached hydrogen (secondary N) is 2. The van der Waals surface area contributed by atoms with Gasteiger partial charge in [-0.05, 0) is 66.5 Å². The third-order valence-corrected chi connectivity index (χ3v) is 5.26. The summed E-state index contributed by atoms with van der Waals surface area (Å²) in [5, 5.41) is 6.71. The number of anilines is 1. The van der Waals surface area contributed by atoms with E-state index in [0.29, 0.717) is 21.2 Å². The third kappa shape index (κ3) is 4.46. The molecule has 1 aromatic rings. The summed E-state index contributed by atoms with van der Waals surface area (Å²) in [5.41, 5.74) is 1.39. The Morgan fingerprint density at radius 2 is 2.20 bits per heavy atom. The molecule has 1 aliphatic rings. The first-order valence-corrected chi connectivity index (χ1v) is 8.48. The molecule has 6 heteroatoms.